The number of rotatable bonds is 5. The summed E-state index contributed by atoms with van der Waals surface area (Å²) in [5.74, 6) is -0.449. The van der Waals surface area contributed by atoms with Gasteiger partial charge in [0, 0.05) is 12.2 Å². The summed E-state index contributed by atoms with van der Waals surface area (Å²) in [4.78, 5) is 12.1. The van der Waals surface area contributed by atoms with E-state index in [1.165, 1.54) is 0 Å². The number of nitriles is 1. The van der Waals surface area contributed by atoms with E-state index in [0.29, 0.717) is 22.4 Å². The van der Waals surface area contributed by atoms with Crippen molar-refractivity contribution < 1.29 is 14.6 Å². The van der Waals surface area contributed by atoms with Crippen molar-refractivity contribution in [3.8, 4) is 6.07 Å². The van der Waals surface area contributed by atoms with E-state index in [2.05, 4.69) is 0 Å². The molecule has 23 heavy (non-hydrogen) atoms. The Labute approximate surface area is 135 Å². The van der Waals surface area contributed by atoms with Crippen LogP contribution in [0, 0.1) is 11.3 Å². The Morgan fingerprint density at radius 1 is 1.30 bits per heavy atom. The Morgan fingerprint density at radius 2 is 1.96 bits per heavy atom. The first-order valence-corrected chi connectivity index (χ1v) is 7.55. The van der Waals surface area contributed by atoms with E-state index < -0.39 is 12.1 Å². The number of carbonyl (C=O) groups excluding carboxylic acids is 1. The fourth-order valence-electron chi connectivity index (χ4n) is 2.48. The summed E-state index contributed by atoms with van der Waals surface area (Å²) < 4.78 is 6.93. The molecule has 0 amide bonds. The molecule has 0 saturated carbocycles. The van der Waals surface area contributed by atoms with Gasteiger partial charge >= 0.3 is 5.97 Å². The summed E-state index contributed by atoms with van der Waals surface area (Å²) in [5.41, 5.74) is 2.00. The molecule has 1 aromatic heterocycles. The summed E-state index contributed by atoms with van der Waals surface area (Å²) in [6, 6.07) is 10.5. The maximum atomic E-state index is 12.1. The number of aromatic nitrogens is 1. The largest absolute Gasteiger partial charge is 0.462 e. The molecule has 0 radical (unpaired) electrons. The van der Waals surface area contributed by atoms with Crippen LogP contribution in [-0.4, -0.2) is 22.2 Å². The number of nitrogens with zero attached hydrogens (tertiary/aromatic N) is 2. The lowest BCUT2D eigenvalue weighted by Gasteiger charge is -2.19. The van der Waals surface area contributed by atoms with E-state index in [1.54, 1.807) is 43.5 Å². The molecule has 2 aromatic rings. The Bertz CT molecular complexity index is 724. The lowest BCUT2D eigenvalue weighted by Crippen LogP contribution is -2.15. The molecule has 1 unspecified atom stereocenters. The second-order valence-electron chi connectivity index (χ2n) is 5.47. The van der Waals surface area contributed by atoms with Crippen LogP contribution in [0.5, 0.6) is 0 Å². The van der Waals surface area contributed by atoms with Crippen LogP contribution in [0.15, 0.2) is 36.5 Å². The third kappa shape index (κ3) is 3.43. The van der Waals surface area contributed by atoms with E-state index >= 15 is 0 Å². The molecular formula is C18H20N2O3. The van der Waals surface area contributed by atoms with Gasteiger partial charge in [0.05, 0.1) is 29.5 Å². The highest BCUT2D eigenvalue weighted by Gasteiger charge is 2.25. The minimum atomic E-state index is -0.973. The van der Waals surface area contributed by atoms with Gasteiger partial charge in [-0.1, -0.05) is 12.1 Å². The maximum Gasteiger partial charge on any atom is 0.340 e. The average Bonchev–Trinajstić information content (AvgIpc) is 2.99. The third-order valence-electron chi connectivity index (χ3n) is 3.62. The van der Waals surface area contributed by atoms with Crippen molar-refractivity contribution in [2.75, 3.05) is 6.61 Å². The summed E-state index contributed by atoms with van der Waals surface area (Å²) in [6.45, 7) is 5.97. The smallest absolute Gasteiger partial charge is 0.340 e. The lowest BCUT2D eigenvalue weighted by molar-refractivity contribution is 0.0520. The van der Waals surface area contributed by atoms with Crippen molar-refractivity contribution in [3.05, 3.63) is 58.9 Å². The highest BCUT2D eigenvalue weighted by atomic mass is 16.5. The molecule has 5 nitrogen and oxygen atoms in total. The zero-order valence-electron chi connectivity index (χ0n) is 13.5. The standard InChI is InChI=1S/C18H20N2O3/c1-4-23-18(22)15-9-10-20(12(2)3)16(15)17(21)14-7-5-13(11-19)6-8-14/h5-10,12,17,21H,4H2,1-3H3. The Balaban J connectivity index is 2.48. The molecule has 120 valence electrons. The third-order valence-corrected chi connectivity index (χ3v) is 3.62. The van der Waals surface area contributed by atoms with Gasteiger partial charge < -0.3 is 14.4 Å². The number of benzene rings is 1. The SMILES string of the molecule is CCOC(=O)c1ccn(C(C)C)c1C(O)c1ccc(C#N)cc1. The van der Waals surface area contributed by atoms with Crippen LogP contribution < -0.4 is 0 Å². The molecule has 0 bridgehead atoms. The number of ether oxygens (including phenoxy) is 1. The molecule has 0 fully saturated rings. The molecule has 1 heterocycles. The lowest BCUT2D eigenvalue weighted by atomic mass is 10.0. The molecule has 1 aromatic carbocycles. The van der Waals surface area contributed by atoms with E-state index in [1.807, 2.05) is 24.5 Å². The van der Waals surface area contributed by atoms with Crippen LogP contribution in [0.25, 0.3) is 0 Å². The van der Waals surface area contributed by atoms with E-state index in [0.717, 1.165) is 0 Å². The van der Waals surface area contributed by atoms with Crippen molar-refractivity contribution in [2.24, 2.45) is 0 Å². The van der Waals surface area contributed by atoms with Gasteiger partial charge in [-0.15, -0.1) is 0 Å². The molecule has 0 saturated heterocycles. The van der Waals surface area contributed by atoms with Crippen LogP contribution in [0.1, 0.15) is 60.1 Å². The summed E-state index contributed by atoms with van der Waals surface area (Å²) in [5, 5.41) is 19.6. The first-order chi connectivity index (χ1) is 11.0. The van der Waals surface area contributed by atoms with Crippen LogP contribution in [0.2, 0.25) is 0 Å². The van der Waals surface area contributed by atoms with Gasteiger partial charge in [0.1, 0.15) is 6.10 Å². The number of hydrogen-bond acceptors (Lipinski definition) is 4. The Kier molecular flexibility index (Phi) is 5.20. The normalized spacial score (nSPS) is 12.0. The second-order valence-corrected chi connectivity index (χ2v) is 5.47. The van der Waals surface area contributed by atoms with Crippen molar-refractivity contribution in [1.29, 1.82) is 5.26 Å². The van der Waals surface area contributed by atoms with Gasteiger partial charge in [-0.3, -0.25) is 0 Å². The minimum Gasteiger partial charge on any atom is -0.462 e. The highest BCUT2D eigenvalue weighted by molar-refractivity contribution is 5.91. The van der Waals surface area contributed by atoms with Crippen LogP contribution >= 0.6 is 0 Å². The molecule has 0 aliphatic heterocycles. The van der Waals surface area contributed by atoms with Gasteiger partial charge in [-0.25, -0.2) is 4.79 Å². The number of carbonyl (C=O) groups is 1. The maximum absolute atomic E-state index is 12.1. The molecule has 1 atom stereocenters. The van der Waals surface area contributed by atoms with Gasteiger partial charge in [0.15, 0.2) is 0 Å². The molecule has 0 aliphatic rings. The zero-order valence-corrected chi connectivity index (χ0v) is 13.5. The van der Waals surface area contributed by atoms with Crippen LogP contribution in [0.3, 0.4) is 0 Å². The Hall–Kier alpha value is -2.58. The predicted molar refractivity (Wildman–Crippen MR) is 86.0 cm³/mol. The van der Waals surface area contributed by atoms with Gasteiger partial charge in [0.2, 0.25) is 0 Å². The van der Waals surface area contributed by atoms with Gasteiger partial charge in [0.25, 0.3) is 0 Å². The van der Waals surface area contributed by atoms with Crippen molar-refractivity contribution in [2.45, 2.75) is 32.9 Å². The van der Waals surface area contributed by atoms with Crippen molar-refractivity contribution >= 4 is 5.97 Å². The fourth-order valence-corrected chi connectivity index (χ4v) is 2.48. The topological polar surface area (TPSA) is 75.2 Å². The summed E-state index contributed by atoms with van der Waals surface area (Å²) in [7, 11) is 0. The van der Waals surface area contributed by atoms with E-state index in [9.17, 15) is 9.90 Å². The molecule has 1 N–H and O–H groups in total. The first-order valence-electron chi connectivity index (χ1n) is 7.55. The molecule has 2 rings (SSSR count). The van der Waals surface area contributed by atoms with Crippen molar-refractivity contribution in [1.82, 2.24) is 4.57 Å². The second kappa shape index (κ2) is 7.12. The van der Waals surface area contributed by atoms with Crippen LogP contribution in [0.4, 0.5) is 0 Å². The number of hydrogen-bond donors (Lipinski definition) is 1. The van der Waals surface area contributed by atoms with Gasteiger partial charge in [-0.05, 0) is 44.5 Å². The Morgan fingerprint density at radius 3 is 2.48 bits per heavy atom. The first kappa shape index (κ1) is 16.8. The zero-order chi connectivity index (χ0) is 17.0. The number of esters is 1. The summed E-state index contributed by atoms with van der Waals surface area (Å²) >= 11 is 0. The van der Waals surface area contributed by atoms with Gasteiger partial charge in [-0.2, -0.15) is 5.26 Å². The fraction of sp³-hybridized carbons (Fsp3) is 0.333. The molecule has 0 aliphatic carbocycles. The summed E-state index contributed by atoms with van der Waals surface area (Å²) in [6.07, 6.45) is 0.804. The minimum absolute atomic E-state index is 0.0845. The van der Waals surface area contributed by atoms with Crippen molar-refractivity contribution in [3.63, 3.8) is 0 Å². The predicted octanol–water partition coefficient (Wildman–Crippen LogP) is 3.20. The number of aliphatic hydroxyl groups is 1. The van der Waals surface area contributed by atoms with E-state index in [-0.39, 0.29) is 12.6 Å². The van der Waals surface area contributed by atoms with E-state index in [4.69, 9.17) is 10.00 Å². The highest BCUT2D eigenvalue weighted by Crippen LogP contribution is 2.29. The molecule has 0 spiro atoms. The molecular weight excluding hydrogens is 292 g/mol. The van der Waals surface area contributed by atoms with Crippen LogP contribution in [-0.2, 0) is 4.74 Å². The monoisotopic (exact) mass is 312 g/mol. The quantitative estimate of drug-likeness (QED) is 0.860. The average molecular weight is 312 g/mol. The number of aliphatic hydroxyl groups excluding tert-OH is 1. The molecule has 5 heteroatoms.